The third kappa shape index (κ3) is 4.01. The first-order valence-corrected chi connectivity index (χ1v) is 11.7. The number of pyridine rings is 1. The Morgan fingerprint density at radius 3 is 2.89 bits per heavy atom. The molecule has 1 saturated heterocycles. The number of hydrogen-bond acceptors (Lipinski definition) is 8. The number of piperidine rings is 1. The van der Waals surface area contributed by atoms with Gasteiger partial charge in [0, 0.05) is 36.3 Å². The summed E-state index contributed by atoms with van der Waals surface area (Å²) in [4.78, 5) is 55.0. The lowest BCUT2D eigenvalue weighted by Gasteiger charge is -2.29. The molecule has 1 aromatic carbocycles. The zero-order valence-corrected chi connectivity index (χ0v) is 19.7. The molecule has 37 heavy (non-hydrogen) atoms. The Morgan fingerprint density at radius 2 is 2.08 bits per heavy atom. The van der Waals surface area contributed by atoms with Gasteiger partial charge in [-0.05, 0) is 49.2 Å². The smallest absolute Gasteiger partial charge is 0.274 e. The number of amides is 4. The van der Waals surface area contributed by atoms with Gasteiger partial charge in [0.25, 0.3) is 11.8 Å². The van der Waals surface area contributed by atoms with Crippen LogP contribution in [-0.2, 0) is 16.1 Å². The zero-order valence-electron chi connectivity index (χ0n) is 19.7. The first kappa shape index (κ1) is 22.6. The first-order chi connectivity index (χ1) is 17.9. The molecule has 1 fully saturated rings. The topological polar surface area (TPSA) is 152 Å². The number of furan rings is 1. The molecule has 186 valence electrons. The van der Waals surface area contributed by atoms with Crippen LogP contribution in [-0.4, -0.2) is 54.5 Å². The van der Waals surface area contributed by atoms with Crippen molar-refractivity contribution in [1.29, 1.82) is 0 Å². The van der Waals surface area contributed by atoms with E-state index in [0.717, 1.165) is 10.9 Å². The van der Waals surface area contributed by atoms with E-state index in [4.69, 9.17) is 4.42 Å². The predicted octanol–water partition coefficient (Wildman–Crippen LogP) is 1.66. The second-order valence-electron chi connectivity index (χ2n) is 9.05. The number of fused-ring (bicyclic) bond motifs is 2. The van der Waals surface area contributed by atoms with Gasteiger partial charge >= 0.3 is 0 Å². The van der Waals surface area contributed by atoms with Crippen LogP contribution in [0.1, 0.15) is 58.0 Å². The summed E-state index contributed by atoms with van der Waals surface area (Å²) in [6, 6.07) is 7.63. The fourth-order valence-corrected chi connectivity index (χ4v) is 4.66. The number of nitrogens with zero attached hydrogens (tertiary/aromatic N) is 5. The van der Waals surface area contributed by atoms with Gasteiger partial charge in [0.2, 0.25) is 11.8 Å². The van der Waals surface area contributed by atoms with Crippen molar-refractivity contribution in [2.45, 2.75) is 38.4 Å². The van der Waals surface area contributed by atoms with Crippen molar-refractivity contribution in [2.24, 2.45) is 0 Å². The lowest BCUT2D eigenvalue weighted by atomic mass is 10.0. The Labute approximate surface area is 209 Å². The maximum absolute atomic E-state index is 12.9. The second-order valence-corrected chi connectivity index (χ2v) is 9.05. The molecule has 12 heteroatoms. The van der Waals surface area contributed by atoms with E-state index in [1.54, 1.807) is 43.6 Å². The predicted molar refractivity (Wildman–Crippen MR) is 127 cm³/mol. The number of benzene rings is 1. The number of nitrogens with one attached hydrogen (secondary N) is 2. The van der Waals surface area contributed by atoms with E-state index < -0.39 is 23.9 Å². The maximum Gasteiger partial charge on any atom is 0.274 e. The molecule has 2 aliphatic heterocycles. The summed E-state index contributed by atoms with van der Waals surface area (Å²) < 4.78 is 7.24. The molecule has 6 rings (SSSR count). The minimum Gasteiger partial charge on any atom is -0.459 e. The minimum atomic E-state index is -0.687. The van der Waals surface area contributed by atoms with Crippen molar-refractivity contribution in [3.05, 3.63) is 71.5 Å². The summed E-state index contributed by atoms with van der Waals surface area (Å²) in [5.41, 5.74) is 2.62. The molecule has 3 aromatic heterocycles. The van der Waals surface area contributed by atoms with E-state index in [9.17, 15) is 19.2 Å². The van der Waals surface area contributed by atoms with E-state index in [1.807, 2.05) is 6.07 Å². The van der Waals surface area contributed by atoms with Crippen molar-refractivity contribution < 1.29 is 23.6 Å². The summed E-state index contributed by atoms with van der Waals surface area (Å²) in [5, 5.41) is 14.1. The Hall–Kier alpha value is -4.87. The van der Waals surface area contributed by atoms with Crippen LogP contribution in [0.2, 0.25) is 0 Å². The molecule has 12 nitrogen and oxygen atoms in total. The highest BCUT2D eigenvalue weighted by Gasteiger charge is 2.39. The quantitative estimate of drug-likeness (QED) is 0.393. The number of carbonyl (C=O) groups excluding carboxylic acids is 4. The van der Waals surface area contributed by atoms with Crippen LogP contribution in [0.15, 0.2) is 53.3 Å². The second kappa shape index (κ2) is 8.66. The Bertz CT molecular complexity index is 1560. The van der Waals surface area contributed by atoms with Gasteiger partial charge in [0.1, 0.15) is 17.4 Å². The normalized spacial score (nSPS) is 18.1. The molecule has 0 spiro atoms. The summed E-state index contributed by atoms with van der Waals surface area (Å²) in [6.07, 6.45) is 5.32. The SMILES string of the molecule is CC(NC(=O)c1cn(-c2ccc3c(c2)CN(C2CCC(=O)NC2=O)C3=O)nn1)c1cc2cnccc2o1. The fraction of sp³-hybridized carbons (Fsp3) is 0.240. The van der Waals surface area contributed by atoms with Gasteiger partial charge in [-0.25, -0.2) is 4.68 Å². The van der Waals surface area contributed by atoms with Gasteiger partial charge in [-0.3, -0.25) is 29.5 Å². The van der Waals surface area contributed by atoms with Gasteiger partial charge in [0.05, 0.1) is 17.9 Å². The molecule has 4 aromatic rings. The third-order valence-corrected chi connectivity index (χ3v) is 6.61. The minimum absolute atomic E-state index is 0.117. The number of aromatic nitrogens is 4. The molecule has 2 unspecified atom stereocenters. The Morgan fingerprint density at radius 1 is 1.22 bits per heavy atom. The summed E-state index contributed by atoms with van der Waals surface area (Å²) >= 11 is 0. The first-order valence-electron chi connectivity index (χ1n) is 11.7. The molecule has 2 atom stereocenters. The van der Waals surface area contributed by atoms with Gasteiger partial charge in [-0.1, -0.05) is 5.21 Å². The standard InChI is InChI=1S/C25H21N7O5/c1-13(21-9-14-10-26-7-6-20(14)37-21)27-23(34)18-12-32(30-29-18)16-2-3-17-15(8-16)11-31(25(17)36)19-4-5-22(33)28-24(19)35/h2-3,6-10,12-13,19H,4-5,11H2,1H3,(H,27,34)(H,28,33,35). The van der Waals surface area contributed by atoms with Crippen molar-refractivity contribution in [2.75, 3.05) is 0 Å². The lowest BCUT2D eigenvalue weighted by Crippen LogP contribution is -2.52. The Kier molecular flexibility index (Phi) is 5.29. The molecule has 0 bridgehead atoms. The van der Waals surface area contributed by atoms with Crippen LogP contribution in [0.5, 0.6) is 0 Å². The highest BCUT2D eigenvalue weighted by Crippen LogP contribution is 2.29. The van der Waals surface area contributed by atoms with Crippen LogP contribution < -0.4 is 10.6 Å². The molecule has 0 saturated carbocycles. The average Bonchev–Trinajstić information content (AvgIpc) is 3.61. The van der Waals surface area contributed by atoms with Crippen LogP contribution >= 0.6 is 0 Å². The van der Waals surface area contributed by atoms with Gasteiger partial charge < -0.3 is 14.6 Å². The molecule has 2 N–H and O–H groups in total. The number of imide groups is 1. The van der Waals surface area contributed by atoms with E-state index in [2.05, 4.69) is 25.9 Å². The number of rotatable bonds is 5. The van der Waals surface area contributed by atoms with E-state index in [1.165, 1.54) is 15.8 Å². The number of carbonyl (C=O) groups is 4. The molecular weight excluding hydrogens is 478 g/mol. The molecular formula is C25H21N7O5. The van der Waals surface area contributed by atoms with Crippen molar-refractivity contribution in [3.63, 3.8) is 0 Å². The highest BCUT2D eigenvalue weighted by molar-refractivity contribution is 6.05. The average molecular weight is 499 g/mol. The maximum atomic E-state index is 12.9. The van der Waals surface area contributed by atoms with Gasteiger partial charge in [-0.2, -0.15) is 0 Å². The monoisotopic (exact) mass is 499 g/mol. The Balaban J connectivity index is 1.16. The van der Waals surface area contributed by atoms with Crippen LogP contribution in [0.25, 0.3) is 16.7 Å². The molecule has 0 aliphatic carbocycles. The van der Waals surface area contributed by atoms with Crippen molar-refractivity contribution in [3.8, 4) is 5.69 Å². The van der Waals surface area contributed by atoms with E-state index >= 15 is 0 Å². The molecule has 0 radical (unpaired) electrons. The summed E-state index contributed by atoms with van der Waals surface area (Å²) in [7, 11) is 0. The van der Waals surface area contributed by atoms with Crippen LogP contribution in [0.3, 0.4) is 0 Å². The van der Waals surface area contributed by atoms with Crippen molar-refractivity contribution in [1.82, 2.24) is 35.5 Å². The summed E-state index contributed by atoms with van der Waals surface area (Å²) in [5.74, 6) is -0.878. The molecule has 2 aliphatic rings. The van der Waals surface area contributed by atoms with Gasteiger partial charge in [0.15, 0.2) is 5.69 Å². The fourth-order valence-electron chi connectivity index (χ4n) is 4.66. The summed E-state index contributed by atoms with van der Waals surface area (Å²) in [6.45, 7) is 2.04. The molecule has 4 amide bonds. The van der Waals surface area contributed by atoms with Gasteiger partial charge in [-0.15, -0.1) is 5.10 Å². The molecule has 5 heterocycles. The highest BCUT2D eigenvalue weighted by atomic mass is 16.3. The largest absolute Gasteiger partial charge is 0.459 e. The van der Waals surface area contributed by atoms with Crippen molar-refractivity contribution >= 4 is 34.6 Å². The lowest BCUT2D eigenvalue weighted by molar-refractivity contribution is -0.136. The number of hydrogen-bond donors (Lipinski definition) is 2. The zero-order chi connectivity index (χ0) is 25.7. The van der Waals surface area contributed by atoms with E-state index in [-0.39, 0.29) is 30.5 Å². The third-order valence-electron chi connectivity index (χ3n) is 6.61. The van der Waals surface area contributed by atoms with E-state index in [0.29, 0.717) is 29.0 Å². The van der Waals surface area contributed by atoms with Crippen LogP contribution in [0, 0.1) is 0 Å². The van der Waals surface area contributed by atoms with Crippen LogP contribution in [0.4, 0.5) is 0 Å².